The van der Waals surface area contributed by atoms with Crippen LogP contribution in [0.25, 0.3) is 0 Å². The van der Waals surface area contributed by atoms with Crippen LogP contribution in [0.5, 0.6) is 0 Å². The van der Waals surface area contributed by atoms with Crippen LogP contribution in [0, 0.1) is 0 Å². The van der Waals surface area contributed by atoms with Crippen molar-refractivity contribution in [3.63, 3.8) is 0 Å². The van der Waals surface area contributed by atoms with Crippen molar-refractivity contribution in [2.75, 3.05) is 13.2 Å². The van der Waals surface area contributed by atoms with Crippen LogP contribution in [-0.4, -0.2) is 37.2 Å². The fraction of sp³-hybridized carbons (Fsp3) is 0.859. The van der Waals surface area contributed by atoms with E-state index in [1.165, 1.54) is 218 Å². The summed E-state index contributed by atoms with van der Waals surface area (Å²) >= 11 is 0. The Kier molecular flexibility index (Phi) is 57.2. The molecule has 410 valence electrons. The molecule has 0 bridgehead atoms. The molecule has 0 heterocycles. The van der Waals surface area contributed by atoms with Gasteiger partial charge in [0.05, 0.1) is 0 Å². The topological polar surface area (TPSA) is 78.9 Å². The molecule has 6 heteroatoms. The molecule has 0 rings (SSSR count). The third-order valence-electron chi connectivity index (χ3n) is 13.9. The van der Waals surface area contributed by atoms with E-state index < -0.39 is 6.10 Å². The quantitative estimate of drug-likeness (QED) is 0.0261. The predicted octanol–water partition coefficient (Wildman–Crippen LogP) is 20.8. The summed E-state index contributed by atoms with van der Waals surface area (Å²) in [5.74, 6) is -0.868. The van der Waals surface area contributed by atoms with E-state index in [9.17, 15) is 14.4 Å². The zero-order chi connectivity index (χ0) is 50.7. The summed E-state index contributed by atoms with van der Waals surface area (Å²) in [4.78, 5) is 38.2. The van der Waals surface area contributed by atoms with Crippen molar-refractivity contribution in [2.45, 2.75) is 341 Å². The first-order valence-corrected chi connectivity index (χ1v) is 31.0. The zero-order valence-corrected chi connectivity index (χ0v) is 47.1. The molecule has 0 N–H and O–H groups in total. The minimum atomic E-state index is -0.776. The standard InChI is InChI=1S/C64H118O6/c1-4-7-10-13-16-19-22-25-28-30-32-34-36-39-42-45-48-51-54-57-63(66)69-60-61(59-68-62(65)56-53-50-47-44-41-38-27-24-21-18-15-12-9-6-3)70-64(67)58-55-52-49-46-43-40-37-35-33-31-29-26-23-20-17-14-11-8-5-2/h15,18,24-25,27-28,61H,4-14,16-17,19-23,26,29-60H2,1-3H3/b18-15-,27-24-,28-25-. The molecule has 0 aliphatic carbocycles. The molecule has 0 aromatic carbocycles. The molecular formula is C64H118O6. The van der Waals surface area contributed by atoms with Gasteiger partial charge in [0.2, 0.25) is 0 Å². The van der Waals surface area contributed by atoms with Gasteiger partial charge in [0.25, 0.3) is 0 Å². The number of hydrogen-bond donors (Lipinski definition) is 0. The predicted molar refractivity (Wildman–Crippen MR) is 302 cm³/mol. The van der Waals surface area contributed by atoms with Gasteiger partial charge in [-0.15, -0.1) is 0 Å². The lowest BCUT2D eigenvalue weighted by atomic mass is 10.0. The van der Waals surface area contributed by atoms with E-state index in [1.807, 2.05) is 0 Å². The van der Waals surface area contributed by atoms with Gasteiger partial charge in [0.1, 0.15) is 13.2 Å². The van der Waals surface area contributed by atoms with Gasteiger partial charge < -0.3 is 14.2 Å². The SMILES string of the molecule is CCCC/C=C\C/C=C\CCCCCCCC(=O)OCC(COC(=O)CCCCCCCCCCC/C=C\CCCCCCCC)OC(=O)CCCCCCCCCCCCCCCCCCCCC. The minimum absolute atomic E-state index is 0.0739. The Morgan fingerprint density at radius 3 is 0.843 bits per heavy atom. The monoisotopic (exact) mass is 983 g/mol. The van der Waals surface area contributed by atoms with Crippen molar-refractivity contribution >= 4 is 17.9 Å². The maximum atomic E-state index is 12.9. The normalized spacial score (nSPS) is 12.2. The van der Waals surface area contributed by atoms with E-state index in [2.05, 4.69) is 57.2 Å². The first-order chi connectivity index (χ1) is 34.5. The van der Waals surface area contributed by atoms with Gasteiger partial charge in [-0.1, -0.05) is 282 Å². The second-order valence-corrected chi connectivity index (χ2v) is 21.0. The smallest absolute Gasteiger partial charge is 0.306 e. The van der Waals surface area contributed by atoms with E-state index in [0.29, 0.717) is 19.3 Å². The van der Waals surface area contributed by atoms with Gasteiger partial charge in [-0.25, -0.2) is 0 Å². The number of rotatable bonds is 57. The number of hydrogen-bond acceptors (Lipinski definition) is 6. The summed E-state index contributed by atoms with van der Waals surface area (Å²) in [6.07, 6.45) is 71.4. The largest absolute Gasteiger partial charge is 0.462 e. The molecule has 0 spiro atoms. The van der Waals surface area contributed by atoms with Crippen molar-refractivity contribution in [1.82, 2.24) is 0 Å². The van der Waals surface area contributed by atoms with E-state index in [4.69, 9.17) is 14.2 Å². The molecule has 70 heavy (non-hydrogen) atoms. The number of carbonyl (C=O) groups is 3. The van der Waals surface area contributed by atoms with Gasteiger partial charge in [-0.3, -0.25) is 14.4 Å². The maximum absolute atomic E-state index is 12.9. The molecule has 0 radical (unpaired) electrons. The Balaban J connectivity index is 4.32. The summed E-state index contributed by atoms with van der Waals surface area (Å²) in [5.41, 5.74) is 0. The number of allylic oxidation sites excluding steroid dienone is 6. The summed E-state index contributed by atoms with van der Waals surface area (Å²) in [7, 11) is 0. The van der Waals surface area contributed by atoms with E-state index in [1.54, 1.807) is 0 Å². The molecule has 1 unspecified atom stereocenters. The van der Waals surface area contributed by atoms with Crippen LogP contribution in [0.1, 0.15) is 335 Å². The van der Waals surface area contributed by atoms with Gasteiger partial charge >= 0.3 is 17.9 Å². The van der Waals surface area contributed by atoms with E-state index >= 15 is 0 Å². The maximum Gasteiger partial charge on any atom is 0.306 e. The number of unbranched alkanes of at least 4 members (excludes halogenated alkanes) is 40. The van der Waals surface area contributed by atoms with Gasteiger partial charge in [0.15, 0.2) is 6.10 Å². The fourth-order valence-corrected chi connectivity index (χ4v) is 9.16. The summed E-state index contributed by atoms with van der Waals surface area (Å²) < 4.78 is 16.9. The van der Waals surface area contributed by atoms with Crippen LogP contribution in [0.2, 0.25) is 0 Å². The third-order valence-corrected chi connectivity index (χ3v) is 13.9. The molecule has 0 saturated heterocycles. The van der Waals surface area contributed by atoms with Crippen molar-refractivity contribution in [3.8, 4) is 0 Å². The Hall–Kier alpha value is -2.37. The highest BCUT2D eigenvalue weighted by Crippen LogP contribution is 2.17. The molecule has 0 fully saturated rings. The lowest BCUT2D eigenvalue weighted by molar-refractivity contribution is -0.167. The second-order valence-electron chi connectivity index (χ2n) is 21.0. The second kappa shape index (κ2) is 59.2. The Morgan fingerprint density at radius 1 is 0.286 bits per heavy atom. The van der Waals surface area contributed by atoms with Crippen LogP contribution < -0.4 is 0 Å². The molecule has 0 aromatic heterocycles. The Morgan fingerprint density at radius 2 is 0.529 bits per heavy atom. The van der Waals surface area contributed by atoms with Gasteiger partial charge in [-0.05, 0) is 70.6 Å². The molecule has 6 nitrogen and oxygen atoms in total. The summed E-state index contributed by atoms with van der Waals surface area (Å²) in [6, 6.07) is 0. The molecule has 1 atom stereocenters. The van der Waals surface area contributed by atoms with Gasteiger partial charge in [0, 0.05) is 19.3 Å². The van der Waals surface area contributed by atoms with E-state index in [0.717, 1.165) is 77.0 Å². The highest BCUT2D eigenvalue weighted by atomic mass is 16.6. The van der Waals surface area contributed by atoms with Crippen molar-refractivity contribution in [2.24, 2.45) is 0 Å². The molecule has 0 aliphatic rings. The number of esters is 3. The highest BCUT2D eigenvalue weighted by molar-refractivity contribution is 5.71. The first kappa shape index (κ1) is 67.6. The van der Waals surface area contributed by atoms with Gasteiger partial charge in [-0.2, -0.15) is 0 Å². The zero-order valence-electron chi connectivity index (χ0n) is 47.1. The van der Waals surface area contributed by atoms with E-state index in [-0.39, 0.29) is 31.1 Å². The molecule has 0 aromatic rings. The highest BCUT2D eigenvalue weighted by Gasteiger charge is 2.19. The van der Waals surface area contributed by atoms with Crippen LogP contribution in [0.3, 0.4) is 0 Å². The summed E-state index contributed by atoms with van der Waals surface area (Å²) in [6.45, 7) is 6.64. The lowest BCUT2D eigenvalue weighted by Crippen LogP contribution is -2.30. The van der Waals surface area contributed by atoms with Crippen LogP contribution in [0.4, 0.5) is 0 Å². The first-order valence-electron chi connectivity index (χ1n) is 31.0. The molecule has 0 aliphatic heterocycles. The third kappa shape index (κ3) is 56.5. The molecule has 0 amide bonds. The van der Waals surface area contributed by atoms with Crippen LogP contribution in [0.15, 0.2) is 36.5 Å². The number of carbonyl (C=O) groups excluding carboxylic acids is 3. The minimum Gasteiger partial charge on any atom is -0.462 e. The number of ether oxygens (including phenoxy) is 3. The lowest BCUT2D eigenvalue weighted by Gasteiger charge is -2.18. The van der Waals surface area contributed by atoms with Crippen molar-refractivity contribution in [1.29, 1.82) is 0 Å². The van der Waals surface area contributed by atoms with Crippen molar-refractivity contribution < 1.29 is 28.6 Å². The average Bonchev–Trinajstić information content (AvgIpc) is 3.36. The van der Waals surface area contributed by atoms with Crippen LogP contribution in [-0.2, 0) is 28.6 Å². The summed E-state index contributed by atoms with van der Waals surface area (Å²) in [5, 5.41) is 0. The average molecular weight is 984 g/mol. The Bertz CT molecular complexity index is 1170. The Labute approximate surface area is 435 Å². The molecular weight excluding hydrogens is 865 g/mol. The molecule has 0 saturated carbocycles. The van der Waals surface area contributed by atoms with Crippen LogP contribution >= 0.6 is 0 Å². The fourth-order valence-electron chi connectivity index (χ4n) is 9.16. The van der Waals surface area contributed by atoms with Crippen molar-refractivity contribution in [3.05, 3.63) is 36.5 Å².